The molecule has 0 saturated heterocycles. The average Bonchev–Trinajstić information content (AvgIpc) is 2.40. The zero-order chi connectivity index (χ0) is 7.40. The molecule has 10 heavy (non-hydrogen) atoms. The van der Waals surface area contributed by atoms with Crippen LogP contribution in [0.3, 0.4) is 0 Å². The third-order valence-electron chi connectivity index (χ3n) is 2.30. The molecule has 0 amide bonds. The van der Waals surface area contributed by atoms with Crippen molar-refractivity contribution in [2.75, 3.05) is 0 Å². The van der Waals surface area contributed by atoms with Gasteiger partial charge in [-0.15, -0.1) is 0 Å². The van der Waals surface area contributed by atoms with E-state index in [-0.39, 0.29) is 0 Å². The predicted molar refractivity (Wildman–Crippen MR) is 43.1 cm³/mol. The van der Waals surface area contributed by atoms with Gasteiger partial charge in [-0.25, -0.2) is 0 Å². The molecule has 0 aromatic heterocycles. The molecule has 0 aromatic carbocycles. The lowest BCUT2D eigenvalue weighted by Crippen LogP contribution is -2.15. The van der Waals surface area contributed by atoms with Crippen molar-refractivity contribution in [1.82, 2.24) is 0 Å². The smallest absolute Gasteiger partial charge is 0.0578 e. The van der Waals surface area contributed by atoms with Gasteiger partial charge in [-0.2, -0.15) is 0 Å². The van der Waals surface area contributed by atoms with Crippen molar-refractivity contribution < 1.29 is 4.74 Å². The summed E-state index contributed by atoms with van der Waals surface area (Å²) < 4.78 is 5.76. The molecule has 0 aromatic rings. The quantitative estimate of drug-likeness (QED) is 0.588. The van der Waals surface area contributed by atoms with Crippen LogP contribution in [-0.4, -0.2) is 12.2 Å². The molecule has 1 heteroatoms. The van der Waals surface area contributed by atoms with E-state index < -0.39 is 0 Å². The monoisotopic (exact) mass is 142 g/mol. The van der Waals surface area contributed by atoms with E-state index in [1.54, 1.807) is 0 Å². The summed E-state index contributed by atoms with van der Waals surface area (Å²) in [6.07, 6.45) is 7.56. The Balaban J connectivity index is 2.11. The summed E-state index contributed by atoms with van der Waals surface area (Å²) in [5, 5.41) is 0. The van der Waals surface area contributed by atoms with Crippen LogP contribution in [0.25, 0.3) is 0 Å². The summed E-state index contributed by atoms with van der Waals surface area (Å²) in [7, 11) is 0. The SMILES string of the molecule is CC[C@@H](C)OC1CCCC1. The van der Waals surface area contributed by atoms with E-state index in [1.165, 1.54) is 25.7 Å². The second kappa shape index (κ2) is 3.97. The van der Waals surface area contributed by atoms with E-state index in [1.807, 2.05) is 0 Å². The van der Waals surface area contributed by atoms with Crippen molar-refractivity contribution in [3.05, 3.63) is 0 Å². The van der Waals surface area contributed by atoms with Gasteiger partial charge >= 0.3 is 0 Å². The summed E-state index contributed by atoms with van der Waals surface area (Å²) in [6.45, 7) is 4.35. The van der Waals surface area contributed by atoms with Gasteiger partial charge in [0, 0.05) is 0 Å². The van der Waals surface area contributed by atoms with E-state index in [2.05, 4.69) is 13.8 Å². The van der Waals surface area contributed by atoms with Crippen molar-refractivity contribution in [1.29, 1.82) is 0 Å². The third-order valence-corrected chi connectivity index (χ3v) is 2.30. The Kier molecular flexibility index (Phi) is 3.20. The lowest BCUT2D eigenvalue weighted by molar-refractivity contribution is 0.000760. The highest BCUT2D eigenvalue weighted by molar-refractivity contribution is 4.67. The number of ether oxygens (including phenoxy) is 1. The molecule has 0 aliphatic heterocycles. The first-order chi connectivity index (χ1) is 4.83. The number of hydrogen-bond acceptors (Lipinski definition) is 1. The molecule has 1 atom stereocenters. The summed E-state index contributed by atoms with van der Waals surface area (Å²) in [4.78, 5) is 0. The summed E-state index contributed by atoms with van der Waals surface area (Å²) in [5.74, 6) is 0. The van der Waals surface area contributed by atoms with Crippen LogP contribution >= 0.6 is 0 Å². The molecule has 1 saturated carbocycles. The number of hydrogen-bond donors (Lipinski definition) is 0. The van der Waals surface area contributed by atoms with E-state index in [0.29, 0.717) is 12.2 Å². The fourth-order valence-electron chi connectivity index (χ4n) is 1.45. The molecule has 1 aliphatic carbocycles. The molecule has 0 spiro atoms. The van der Waals surface area contributed by atoms with E-state index in [0.717, 1.165) is 6.42 Å². The molecule has 1 rings (SSSR count). The Morgan fingerprint density at radius 3 is 2.50 bits per heavy atom. The molecular formula is C9H18O. The third kappa shape index (κ3) is 2.30. The molecule has 0 radical (unpaired) electrons. The molecule has 1 aliphatic rings. The fraction of sp³-hybridized carbons (Fsp3) is 1.00. The minimum Gasteiger partial charge on any atom is -0.375 e. The number of rotatable bonds is 3. The van der Waals surface area contributed by atoms with Crippen molar-refractivity contribution >= 4 is 0 Å². The molecule has 0 N–H and O–H groups in total. The molecule has 60 valence electrons. The highest BCUT2D eigenvalue weighted by Gasteiger charge is 2.16. The van der Waals surface area contributed by atoms with Gasteiger partial charge in [-0.1, -0.05) is 19.8 Å². The zero-order valence-electron chi connectivity index (χ0n) is 7.10. The molecular weight excluding hydrogens is 124 g/mol. The van der Waals surface area contributed by atoms with Crippen LogP contribution < -0.4 is 0 Å². The predicted octanol–water partition coefficient (Wildman–Crippen LogP) is 2.74. The van der Waals surface area contributed by atoms with Crippen molar-refractivity contribution in [3.63, 3.8) is 0 Å². The largest absolute Gasteiger partial charge is 0.375 e. The maximum atomic E-state index is 5.76. The Bertz CT molecular complexity index is 84.7. The van der Waals surface area contributed by atoms with Crippen LogP contribution in [-0.2, 0) is 4.74 Å². The van der Waals surface area contributed by atoms with E-state index >= 15 is 0 Å². The highest BCUT2D eigenvalue weighted by Crippen LogP contribution is 2.22. The zero-order valence-corrected chi connectivity index (χ0v) is 7.10. The minimum atomic E-state index is 0.475. The molecule has 0 unspecified atom stereocenters. The summed E-state index contributed by atoms with van der Waals surface area (Å²) in [5.41, 5.74) is 0. The molecule has 1 nitrogen and oxygen atoms in total. The highest BCUT2D eigenvalue weighted by atomic mass is 16.5. The van der Waals surface area contributed by atoms with Crippen LogP contribution in [0.1, 0.15) is 46.0 Å². The fourth-order valence-corrected chi connectivity index (χ4v) is 1.45. The average molecular weight is 142 g/mol. The van der Waals surface area contributed by atoms with Crippen molar-refractivity contribution in [3.8, 4) is 0 Å². The normalized spacial score (nSPS) is 23.4. The van der Waals surface area contributed by atoms with Crippen LogP contribution in [0, 0.1) is 0 Å². The molecule has 1 fully saturated rings. The second-order valence-corrected chi connectivity index (χ2v) is 3.26. The summed E-state index contributed by atoms with van der Waals surface area (Å²) in [6, 6.07) is 0. The van der Waals surface area contributed by atoms with Gasteiger partial charge in [0.15, 0.2) is 0 Å². The Morgan fingerprint density at radius 2 is 2.00 bits per heavy atom. The lowest BCUT2D eigenvalue weighted by Gasteiger charge is -2.16. The Labute approximate surface area is 63.8 Å². The summed E-state index contributed by atoms with van der Waals surface area (Å²) >= 11 is 0. The standard InChI is InChI=1S/C9H18O/c1-3-8(2)10-9-6-4-5-7-9/h8-9H,3-7H2,1-2H3/t8-/m1/s1. The first-order valence-corrected chi connectivity index (χ1v) is 4.48. The first kappa shape index (κ1) is 8.06. The van der Waals surface area contributed by atoms with Gasteiger partial charge in [0.1, 0.15) is 0 Å². The molecule has 0 heterocycles. The van der Waals surface area contributed by atoms with Gasteiger partial charge < -0.3 is 4.74 Å². The van der Waals surface area contributed by atoms with Gasteiger partial charge in [0.05, 0.1) is 12.2 Å². The lowest BCUT2D eigenvalue weighted by atomic mass is 10.2. The minimum absolute atomic E-state index is 0.475. The van der Waals surface area contributed by atoms with Crippen LogP contribution in [0.2, 0.25) is 0 Å². The van der Waals surface area contributed by atoms with Crippen LogP contribution in [0.4, 0.5) is 0 Å². The van der Waals surface area contributed by atoms with Gasteiger partial charge in [0.25, 0.3) is 0 Å². The van der Waals surface area contributed by atoms with Crippen molar-refractivity contribution in [2.24, 2.45) is 0 Å². The van der Waals surface area contributed by atoms with Crippen molar-refractivity contribution in [2.45, 2.75) is 58.2 Å². The Hall–Kier alpha value is -0.0400. The second-order valence-electron chi connectivity index (χ2n) is 3.26. The van der Waals surface area contributed by atoms with E-state index in [9.17, 15) is 0 Å². The van der Waals surface area contributed by atoms with Crippen LogP contribution in [0.15, 0.2) is 0 Å². The Morgan fingerprint density at radius 1 is 1.40 bits per heavy atom. The molecule has 0 bridgehead atoms. The van der Waals surface area contributed by atoms with Gasteiger partial charge in [0.2, 0.25) is 0 Å². The first-order valence-electron chi connectivity index (χ1n) is 4.48. The van der Waals surface area contributed by atoms with Gasteiger partial charge in [-0.05, 0) is 26.2 Å². The maximum Gasteiger partial charge on any atom is 0.0578 e. The maximum absolute atomic E-state index is 5.76. The van der Waals surface area contributed by atoms with Crippen LogP contribution in [0.5, 0.6) is 0 Å². The van der Waals surface area contributed by atoms with E-state index in [4.69, 9.17) is 4.74 Å². The van der Waals surface area contributed by atoms with Gasteiger partial charge in [-0.3, -0.25) is 0 Å². The topological polar surface area (TPSA) is 9.23 Å².